The molecule has 20 heavy (non-hydrogen) atoms. The van der Waals surface area contributed by atoms with Gasteiger partial charge in [0.2, 0.25) is 0 Å². The zero-order valence-corrected chi connectivity index (χ0v) is 12.4. The van der Waals surface area contributed by atoms with Gasteiger partial charge in [0.1, 0.15) is 11.5 Å². The van der Waals surface area contributed by atoms with Crippen LogP contribution < -0.4 is 10.5 Å². The standard InChI is InChI=1S/C15H12BrN3O/c1-9-4-15(20-12-5-10(16)7-18-8-12)13-6-11(17)2-3-14(13)19-9/h2-8H,17H2,1H3. The lowest BCUT2D eigenvalue weighted by atomic mass is 10.1. The third-order valence-corrected chi connectivity index (χ3v) is 3.26. The van der Waals surface area contributed by atoms with Gasteiger partial charge in [-0.3, -0.25) is 9.97 Å². The van der Waals surface area contributed by atoms with E-state index in [4.69, 9.17) is 10.5 Å². The monoisotopic (exact) mass is 329 g/mol. The largest absolute Gasteiger partial charge is 0.455 e. The van der Waals surface area contributed by atoms with Gasteiger partial charge < -0.3 is 10.5 Å². The zero-order chi connectivity index (χ0) is 14.1. The summed E-state index contributed by atoms with van der Waals surface area (Å²) in [4.78, 5) is 8.56. The summed E-state index contributed by atoms with van der Waals surface area (Å²) in [5.41, 5.74) is 8.27. The number of hydrogen-bond donors (Lipinski definition) is 1. The van der Waals surface area contributed by atoms with Gasteiger partial charge in [-0.15, -0.1) is 0 Å². The molecule has 0 fully saturated rings. The Balaban J connectivity index is 2.12. The molecule has 0 atom stereocenters. The van der Waals surface area contributed by atoms with Crippen molar-refractivity contribution in [3.8, 4) is 11.5 Å². The summed E-state index contributed by atoms with van der Waals surface area (Å²) < 4.78 is 6.79. The van der Waals surface area contributed by atoms with Gasteiger partial charge >= 0.3 is 0 Å². The Labute approximate surface area is 124 Å². The van der Waals surface area contributed by atoms with E-state index < -0.39 is 0 Å². The van der Waals surface area contributed by atoms with E-state index in [1.807, 2.05) is 37.3 Å². The van der Waals surface area contributed by atoms with Crippen LogP contribution in [0.15, 0.2) is 47.2 Å². The van der Waals surface area contributed by atoms with Gasteiger partial charge in [0.15, 0.2) is 0 Å². The fourth-order valence-corrected chi connectivity index (χ4v) is 2.34. The molecule has 5 heteroatoms. The second-order valence-corrected chi connectivity index (χ2v) is 5.39. The number of nitrogens with zero attached hydrogens (tertiary/aromatic N) is 2. The van der Waals surface area contributed by atoms with Gasteiger partial charge in [0.05, 0.1) is 11.7 Å². The second kappa shape index (κ2) is 5.09. The smallest absolute Gasteiger partial charge is 0.146 e. The third kappa shape index (κ3) is 2.58. The highest BCUT2D eigenvalue weighted by molar-refractivity contribution is 9.10. The van der Waals surface area contributed by atoms with E-state index in [0.29, 0.717) is 11.4 Å². The van der Waals surface area contributed by atoms with E-state index in [-0.39, 0.29) is 0 Å². The highest BCUT2D eigenvalue weighted by Crippen LogP contribution is 2.31. The lowest BCUT2D eigenvalue weighted by Gasteiger charge is -2.10. The third-order valence-electron chi connectivity index (χ3n) is 2.83. The number of halogens is 1. The second-order valence-electron chi connectivity index (χ2n) is 4.48. The summed E-state index contributed by atoms with van der Waals surface area (Å²) in [5, 5.41) is 0.885. The first-order valence-electron chi connectivity index (χ1n) is 6.07. The molecular formula is C15H12BrN3O. The fourth-order valence-electron chi connectivity index (χ4n) is 2.00. The maximum absolute atomic E-state index is 5.92. The molecule has 3 aromatic rings. The normalized spacial score (nSPS) is 10.7. The molecular weight excluding hydrogens is 318 g/mol. The Morgan fingerprint density at radius 2 is 2.00 bits per heavy atom. The molecule has 0 saturated heterocycles. The molecule has 100 valence electrons. The maximum atomic E-state index is 5.92. The van der Waals surface area contributed by atoms with Crippen LogP contribution in [0.3, 0.4) is 0 Å². The maximum Gasteiger partial charge on any atom is 0.146 e. The van der Waals surface area contributed by atoms with Crippen LogP contribution in [-0.4, -0.2) is 9.97 Å². The Morgan fingerprint density at radius 1 is 1.15 bits per heavy atom. The SMILES string of the molecule is Cc1cc(Oc2cncc(Br)c2)c2cc(N)ccc2n1. The minimum Gasteiger partial charge on any atom is -0.455 e. The first-order valence-corrected chi connectivity index (χ1v) is 6.86. The van der Waals surface area contributed by atoms with E-state index in [2.05, 4.69) is 25.9 Å². The molecule has 1 aromatic carbocycles. The molecule has 0 saturated carbocycles. The van der Waals surface area contributed by atoms with E-state index in [1.54, 1.807) is 12.4 Å². The molecule has 2 N–H and O–H groups in total. The van der Waals surface area contributed by atoms with Gasteiger partial charge in [-0.25, -0.2) is 0 Å². The Morgan fingerprint density at radius 3 is 2.80 bits per heavy atom. The van der Waals surface area contributed by atoms with Crippen molar-refractivity contribution in [2.75, 3.05) is 5.73 Å². The summed E-state index contributed by atoms with van der Waals surface area (Å²) in [6.45, 7) is 1.93. The van der Waals surface area contributed by atoms with Crippen LogP contribution in [0.4, 0.5) is 5.69 Å². The number of nitrogen functional groups attached to an aromatic ring is 1. The van der Waals surface area contributed by atoms with E-state index >= 15 is 0 Å². The number of nitrogens with two attached hydrogens (primary N) is 1. The number of benzene rings is 1. The summed E-state index contributed by atoms with van der Waals surface area (Å²) in [6.07, 6.45) is 3.37. The van der Waals surface area contributed by atoms with E-state index in [9.17, 15) is 0 Å². The van der Waals surface area contributed by atoms with Gasteiger partial charge in [0, 0.05) is 33.5 Å². The molecule has 0 aliphatic heterocycles. The molecule has 2 heterocycles. The topological polar surface area (TPSA) is 61.0 Å². The van der Waals surface area contributed by atoms with Crippen LogP contribution in [0, 0.1) is 6.92 Å². The van der Waals surface area contributed by atoms with Crippen molar-refractivity contribution >= 4 is 32.5 Å². The van der Waals surface area contributed by atoms with Crippen LogP contribution in [0.5, 0.6) is 11.5 Å². The van der Waals surface area contributed by atoms with Crippen LogP contribution in [-0.2, 0) is 0 Å². The predicted molar refractivity (Wildman–Crippen MR) is 82.9 cm³/mol. The van der Waals surface area contributed by atoms with Gasteiger partial charge in [-0.05, 0) is 47.1 Å². The molecule has 0 unspecified atom stereocenters. The molecule has 0 aliphatic carbocycles. The lowest BCUT2D eigenvalue weighted by Crippen LogP contribution is -1.93. The molecule has 4 nitrogen and oxygen atoms in total. The molecule has 0 spiro atoms. The minimum absolute atomic E-state index is 0.661. The molecule has 0 amide bonds. The molecule has 0 aliphatic rings. The van der Waals surface area contributed by atoms with Gasteiger partial charge in [0.25, 0.3) is 0 Å². The van der Waals surface area contributed by atoms with E-state index in [0.717, 1.165) is 26.8 Å². The van der Waals surface area contributed by atoms with Crippen LogP contribution in [0.2, 0.25) is 0 Å². The number of hydrogen-bond acceptors (Lipinski definition) is 4. The van der Waals surface area contributed by atoms with Crippen LogP contribution in [0.25, 0.3) is 10.9 Å². The summed E-state index contributed by atoms with van der Waals surface area (Å²) in [6, 6.07) is 9.34. The van der Waals surface area contributed by atoms with Crippen LogP contribution >= 0.6 is 15.9 Å². The number of fused-ring (bicyclic) bond motifs is 1. The number of anilines is 1. The number of aryl methyl sites for hydroxylation is 1. The first kappa shape index (κ1) is 12.9. The van der Waals surface area contributed by atoms with Gasteiger partial charge in [-0.2, -0.15) is 0 Å². The lowest BCUT2D eigenvalue weighted by molar-refractivity contribution is 0.484. The summed E-state index contributed by atoms with van der Waals surface area (Å²) in [7, 11) is 0. The van der Waals surface area contributed by atoms with Gasteiger partial charge in [-0.1, -0.05) is 0 Å². The van der Waals surface area contributed by atoms with Crippen LogP contribution in [0.1, 0.15) is 5.69 Å². The fraction of sp³-hybridized carbons (Fsp3) is 0.0667. The van der Waals surface area contributed by atoms with Crippen molar-refractivity contribution in [1.29, 1.82) is 0 Å². The van der Waals surface area contributed by atoms with Crippen molar-refractivity contribution in [2.45, 2.75) is 6.92 Å². The zero-order valence-electron chi connectivity index (χ0n) is 10.8. The molecule has 3 rings (SSSR count). The molecule has 2 aromatic heterocycles. The summed E-state index contributed by atoms with van der Waals surface area (Å²) >= 11 is 3.38. The van der Waals surface area contributed by atoms with Crippen molar-refractivity contribution in [1.82, 2.24) is 9.97 Å². The Hall–Kier alpha value is -2.14. The summed E-state index contributed by atoms with van der Waals surface area (Å²) in [5.74, 6) is 1.38. The Kier molecular flexibility index (Phi) is 3.28. The highest BCUT2D eigenvalue weighted by Gasteiger charge is 2.07. The highest BCUT2D eigenvalue weighted by atomic mass is 79.9. The molecule has 0 bridgehead atoms. The average Bonchev–Trinajstić information content (AvgIpc) is 2.39. The first-order chi connectivity index (χ1) is 9.61. The number of aromatic nitrogens is 2. The predicted octanol–water partition coefficient (Wildman–Crippen LogP) is 4.08. The molecule has 0 radical (unpaired) electrons. The number of rotatable bonds is 2. The van der Waals surface area contributed by atoms with E-state index in [1.165, 1.54) is 0 Å². The quantitative estimate of drug-likeness (QED) is 0.720. The van der Waals surface area contributed by atoms with Crippen molar-refractivity contribution in [3.05, 3.63) is 52.9 Å². The number of pyridine rings is 2. The van der Waals surface area contributed by atoms with Crippen molar-refractivity contribution in [2.24, 2.45) is 0 Å². The van der Waals surface area contributed by atoms with Crippen molar-refractivity contribution in [3.63, 3.8) is 0 Å². The Bertz CT molecular complexity index is 789. The van der Waals surface area contributed by atoms with Crippen molar-refractivity contribution < 1.29 is 4.74 Å². The average molecular weight is 330 g/mol. The number of ether oxygens (including phenoxy) is 1. The minimum atomic E-state index is 0.661.